The molecule has 3 aliphatic carbocycles. The zero-order chi connectivity index (χ0) is 43.9. The Hall–Kier alpha value is -1.99. The maximum absolute atomic E-state index is 13.3. The number of carbonyl (C=O) groups excluding carboxylic acids is 3. The molecule has 7 aliphatic rings. The summed E-state index contributed by atoms with van der Waals surface area (Å²) in [4.78, 5) is 38.2. The second kappa shape index (κ2) is 16.9. The van der Waals surface area contributed by atoms with Crippen LogP contribution in [0.25, 0.3) is 0 Å². The van der Waals surface area contributed by atoms with Crippen LogP contribution in [0.2, 0.25) is 0 Å². The summed E-state index contributed by atoms with van der Waals surface area (Å²) in [5.74, 6) is -0.856. The second-order valence-corrected chi connectivity index (χ2v) is 20.7. The van der Waals surface area contributed by atoms with Gasteiger partial charge in [0.05, 0.1) is 37.8 Å². The van der Waals surface area contributed by atoms with E-state index in [1.165, 1.54) is 13.8 Å². The predicted molar refractivity (Wildman–Crippen MR) is 209 cm³/mol. The molecule has 6 N–H and O–H groups in total. The molecule has 3 saturated carbocycles. The van der Waals surface area contributed by atoms with Crippen molar-refractivity contribution >= 4 is 17.9 Å². The molecular formula is C44H70O16. The summed E-state index contributed by atoms with van der Waals surface area (Å²) in [6.07, 6.45) is -9.45. The zero-order valence-corrected chi connectivity index (χ0v) is 36.4. The van der Waals surface area contributed by atoms with E-state index in [4.69, 9.17) is 33.2 Å². The smallest absolute Gasteiger partial charge is 0.309 e. The lowest BCUT2D eigenvalue weighted by molar-refractivity contribution is -0.376. The van der Waals surface area contributed by atoms with E-state index in [2.05, 4.69) is 34.6 Å². The molecule has 7 rings (SSSR count). The Bertz CT molecular complexity index is 1590. The van der Waals surface area contributed by atoms with Gasteiger partial charge in [0, 0.05) is 18.8 Å². The number of aliphatic hydroxyl groups is 6. The zero-order valence-electron chi connectivity index (χ0n) is 36.4. The van der Waals surface area contributed by atoms with Crippen molar-refractivity contribution in [2.24, 2.45) is 51.2 Å². The number of esters is 3. The van der Waals surface area contributed by atoms with Gasteiger partial charge in [-0.3, -0.25) is 14.4 Å². The summed E-state index contributed by atoms with van der Waals surface area (Å²) in [5, 5.41) is 63.8. The van der Waals surface area contributed by atoms with Crippen molar-refractivity contribution in [3.05, 3.63) is 0 Å². The van der Waals surface area contributed by atoms with Gasteiger partial charge in [0.1, 0.15) is 54.9 Å². The summed E-state index contributed by atoms with van der Waals surface area (Å²) in [6.45, 7) is 15.6. The number of aliphatic hydroxyl groups excluding tert-OH is 6. The molecule has 1 unspecified atom stereocenters. The Kier molecular flexibility index (Phi) is 12.9. The van der Waals surface area contributed by atoms with Crippen molar-refractivity contribution in [1.82, 2.24) is 0 Å². The monoisotopic (exact) mass is 854 g/mol. The van der Waals surface area contributed by atoms with Gasteiger partial charge in [-0.25, -0.2) is 0 Å². The van der Waals surface area contributed by atoms with Crippen LogP contribution in [0.5, 0.6) is 0 Å². The molecule has 0 bridgehead atoms. The van der Waals surface area contributed by atoms with Gasteiger partial charge in [-0.05, 0) is 91.8 Å². The highest BCUT2D eigenvalue weighted by Gasteiger charge is 2.71. The molecule has 4 aliphatic heterocycles. The number of fused-ring (bicyclic) bond motifs is 4. The molecule has 0 aromatic carbocycles. The fraction of sp³-hybridized carbons (Fsp3) is 0.932. The summed E-state index contributed by atoms with van der Waals surface area (Å²) < 4.78 is 42.2. The summed E-state index contributed by atoms with van der Waals surface area (Å²) in [6, 6.07) is 0. The molecule has 0 aromatic rings. The van der Waals surface area contributed by atoms with E-state index in [1.807, 2.05) is 6.92 Å². The van der Waals surface area contributed by atoms with Crippen LogP contribution < -0.4 is 0 Å². The third-order valence-corrected chi connectivity index (χ3v) is 17.1. The summed E-state index contributed by atoms with van der Waals surface area (Å²) in [5.41, 5.74) is -1.48. The Balaban J connectivity index is 1.13. The van der Waals surface area contributed by atoms with Gasteiger partial charge in [0.15, 0.2) is 12.6 Å². The normalized spacial score (nSPS) is 50.0. The standard InChI is InChI=1S/C44H70O16/c1-20-15-24(57-38(20)53)16-26(56-23(4)46)21(2)25-9-10-29-42(7)13-12-30(41(5,6)28(42)11-14-43(29,8)44(25)17-31(47)54-19-44)59-40-37(35(51)33(49)27(18-45)58-40)60-39-36(52)34(50)32(48)22(3)55-39/h20-22,24-30,32-37,39-40,45,48-52H,9-19H2,1-8H3/t20-,21+,22-,24-,25+,26-,27+,28?,29+,30-,32-,33+,34+,35-,36+,37+,39-,40-,42-,43+,44-/m0/s1. The van der Waals surface area contributed by atoms with Crippen LogP contribution in [0, 0.1) is 51.2 Å². The summed E-state index contributed by atoms with van der Waals surface area (Å²) >= 11 is 0. The van der Waals surface area contributed by atoms with E-state index < -0.39 is 97.0 Å². The molecule has 7 fully saturated rings. The van der Waals surface area contributed by atoms with Crippen LogP contribution in [0.1, 0.15) is 113 Å². The van der Waals surface area contributed by atoms with E-state index in [0.717, 1.165) is 32.1 Å². The maximum Gasteiger partial charge on any atom is 0.309 e. The number of cyclic esters (lactones) is 2. The average Bonchev–Trinajstić information content (AvgIpc) is 3.73. The van der Waals surface area contributed by atoms with E-state index >= 15 is 0 Å². The van der Waals surface area contributed by atoms with Gasteiger partial charge in [-0.15, -0.1) is 0 Å². The van der Waals surface area contributed by atoms with Gasteiger partial charge >= 0.3 is 17.9 Å². The average molecular weight is 855 g/mol. The van der Waals surface area contributed by atoms with Crippen molar-refractivity contribution < 1.29 is 78.2 Å². The molecule has 21 atom stereocenters. The summed E-state index contributed by atoms with van der Waals surface area (Å²) in [7, 11) is 0. The van der Waals surface area contributed by atoms with Crippen LogP contribution in [-0.2, 0) is 47.5 Å². The van der Waals surface area contributed by atoms with Crippen LogP contribution in [-0.4, -0.2) is 141 Å². The van der Waals surface area contributed by atoms with Crippen LogP contribution in [0.3, 0.4) is 0 Å². The van der Waals surface area contributed by atoms with Crippen molar-refractivity contribution in [2.45, 2.75) is 193 Å². The Morgan fingerprint density at radius 1 is 0.850 bits per heavy atom. The lowest BCUT2D eigenvalue weighted by Crippen LogP contribution is -2.67. The topological polar surface area (TPSA) is 237 Å². The first-order valence-electron chi connectivity index (χ1n) is 22.3. The molecular weight excluding hydrogens is 784 g/mol. The lowest BCUT2D eigenvalue weighted by Gasteiger charge is -2.70. The molecule has 342 valence electrons. The number of carbonyl (C=O) groups is 3. The van der Waals surface area contributed by atoms with Gasteiger partial charge in [-0.1, -0.05) is 41.5 Å². The molecule has 0 amide bonds. The Morgan fingerprint density at radius 3 is 2.18 bits per heavy atom. The fourth-order valence-corrected chi connectivity index (χ4v) is 13.8. The number of rotatable bonds is 10. The molecule has 1 spiro atoms. The first kappa shape index (κ1) is 46.0. The van der Waals surface area contributed by atoms with E-state index in [-0.39, 0.29) is 64.9 Å². The molecule has 16 heteroatoms. The van der Waals surface area contributed by atoms with Crippen LogP contribution in [0.4, 0.5) is 0 Å². The fourth-order valence-electron chi connectivity index (χ4n) is 13.8. The third-order valence-electron chi connectivity index (χ3n) is 17.1. The lowest BCUT2D eigenvalue weighted by atomic mass is 9.34. The molecule has 0 aromatic heterocycles. The van der Waals surface area contributed by atoms with Crippen molar-refractivity contribution in [3.8, 4) is 0 Å². The molecule has 16 nitrogen and oxygen atoms in total. The van der Waals surface area contributed by atoms with Crippen molar-refractivity contribution in [1.29, 1.82) is 0 Å². The molecule has 4 saturated heterocycles. The van der Waals surface area contributed by atoms with E-state index in [0.29, 0.717) is 25.9 Å². The van der Waals surface area contributed by atoms with Gasteiger partial charge in [0.2, 0.25) is 0 Å². The van der Waals surface area contributed by atoms with E-state index in [1.54, 1.807) is 0 Å². The molecule has 4 heterocycles. The van der Waals surface area contributed by atoms with Crippen LogP contribution in [0.15, 0.2) is 0 Å². The van der Waals surface area contributed by atoms with E-state index in [9.17, 15) is 45.0 Å². The second-order valence-electron chi connectivity index (χ2n) is 20.7. The highest BCUT2D eigenvalue weighted by molar-refractivity contribution is 5.74. The molecule has 60 heavy (non-hydrogen) atoms. The largest absolute Gasteiger partial charge is 0.465 e. The first-order chi connectivity index (χ1) is 28.1. The predicted octanol–water partition coefficient (Wildman–Crippen LogP) is 2.13. The Labute approximate surface area is 352 Å². The molecule has 0 radical (unpaired) electrons. The number of ether oxygens (including phenoxy) is 7. The number of hydrogen-bond acceptors (Lipinski definition) is 16. The van der Waals surface area contributed by atoms with Crippen molar-refractivity contribution in [3.63, 3.8) is 0 Å². The SMILES string of the molecule is CC(=O)O[C@@H](C[C@@H]1C[C@H](C)C(=O)O1)[C@H](C)[C@H]1CC[C@@H]2[C@@]3(C)CC[C@H](O[C@@H]4O[C@H](CO)[C@@H](O)[C@H](O)[C@H]4O[C@@H]4O[C@@H](C)[C@H](O)[C@@H](O)[C@H]4O)C(C)(C)C3CC[C@@]2(C)[C@@]12COC(=O)C2. The number of hydrogen-bond donors (Lipinski definition) is 6. The van der Waals surface area contributed by atoms with Crippen molar-refractivity contribution in [2.75, 3.05) is 13.2 Å². The van der Waals surface area contributed by atoms with Gasteiger partial charge in [-0.2, -0.15) is 0 Å². The van der Waals surface area contributed by atoms with Gasteiger partial charge in [0.25, 0.3) is 0 Å². The highest BCUT2D eigenvalue weighted by atomic mass is 16.8. The van der Waals surface area contributed by atoms with Crippen LogP contribution >= 0.6 is 0 Å². The Morgan fingerprint density at radius 2 is 1.57 bits per heavy atom. The highest BCUT2D eigenvalue weighted by Crippen LogP contribution is 2.74. The minimum absolute atomic E-state index is 0.00225. The minimum atomic E-state index is -1.68. The maximum atomic E-state index is 13.3. The van der Waals surface area contributed by atoms with Gasteiger partial charge < -0.3 is 63.8 Å². The quantitative estimate of drug-likeness (QED) is 0.105. The minimum Gasteiger partial charge on any atom is -0.465 e. The first-order valence-corrected chi connectivity index (χ1v) is 22.3. The third kappa shape index (κ3) is 7.63.